The number of aliphatic hydroxyl groups excluding tert-OH is 2. The molecular weight excluding hydrogens is 416 g/mol. The molecule has 6 rings (SSSR count). The third-order valence-corrected chi connectivity index (χ3v) is 10.8. The Hall–Kier alpha value is -1.27. The van der Waals surface area contributed by atoms with Gasteiger partial charge in [0.25, 0.3) is 0 Å². The zero-order chi connectivity index (χ0) is 23.0. The lowest BCUT2D eigenvalue weighted by atomic mass is 9.43. The lowest BCUT2D eigenvalue weighted by molar-refractivity contribution is -0.332. The van der Waals surface area contributed by atoms with E-state index in [2.05, 4.69) is 13.8 Å². The zero-order valence-electron chi connectivity index (χ0n) is 19.9. The van der Waals surface area contributed by atoms with E-state index in [1.54, 1.807) is 0 Å². The molecule has 5 nitrogen and oxygen atoms in total. The topological polar surface area (TPSA) is 76.0 Å². The lowest BCUT2D eigenvalue weighted by Gasteiger charge is -2.62. The normalized spacial score (nSPS) is 51.6. The number of hydrogen-bond acceptors (Lipinski definition) is 5. The third-order valence-electron chi connectivity index (χ3n) is 10.8. The van der Waals surface area contributed by atoms with Crippen molar-refractivity contribution < 1.29 is 24.5 Å². The number of hydrogen-bond donors (Lipinski definition) is 2. The minimum atomic E-state index is -0.752. The molecule has 2 unspecified atom stereocenters. The van der Waals surface area contributed by atoms with Crippen molar-refractivity contribution >= 4 is 5.78 Å². The quantitative estimate of drug-likeness (QED) is 0.657. The van der Waals surface area contributed by atoms with E-state index in [0.717, 1.165) is 50.5 Å². The van der Waals surface area contributed by atoms with Crippen molar-refractivity contribution in [3.05, 3.63) is 35.9 Å². The van der Waals surface area contributed by atoms with E-state index in [9.17, 15) is 15.0 Å². The van der Waals surface area contributed by atoms with Gasteiger partial charge in [-0.15, -0.1) is 0 Å². The summed E-state index contributed by atoms with van der Waals surface area (Å²) < 4.78 is 12.7. The molecule has 4 saturated carbocycles. The second kappa shape index (κ2) is 7.61. The Labute approximate surface area is 196 Å². The summed E-state index contributed by atoms with van der Waals surface area (Å²) in [5.41, 5.74) is -0.182. The van der Waals surface area contributed by atoms with Crippen LogP contribution in [0.1, 0.15) is 77.1 Å². The van der Waals surface area contributed by atoms with Crippen molar-refractivity contribution in [2.45, 2.75) is 89.3 Å². The molecular formula is C28H38O5. The molecule has 1 aliphatic heterocycles. The molecule has 0 radical (unpaired) electrons. The van der Waals surface area contributed by atoms with Crippen molar-refractivity contribution in [3.8, 4) is 0 Å². The SMILES string of the molecule is C[C@]12CCC(O)C[C@H]1CC[C@@H]1[C@@H]2C(=O)C[C@@]2(C)[C@H]1CC[C@@]21OC(c2ccccc2)OC[C@H]1O. The summed E-state index contributed by atoms with van der Waals surface area (Å²) in [6, 6.07) is 9.95. The standard InChI is InChI=1S/C28H38O5/c1-26-12-10-19(29)14-18(26)8-9-20-21-11-13-28(27(21,2)15-22(30)24(20)26)23(31)16-32-25(33-28)17-6-4-3-5-7-17/h3-7,18-21,23-25,29,31H,8-16H2,1-2H3/t18-,19?,20+,21+,23-,24-,25?,26+,27+,28+/m1/s1. The molecule has 2 N–H and O–H groups in total. The molecule has 0 amide bonds. The molecule has 180 valence electrons. The Kier molecular flexibility index (Phi) is 5.12. The van der Waals surface area contributed by atoms with Gasteiger partial charge in [0.2, 0.25) is 0 Å². The van der Waals surface area contributed by atoms with Gasteiger partial charge in [-0.3, -0.25) is 4.79 Å². The van der Waals surface area contributed by atoms with Crippen molar-refractivity contribution in [2.24, 2.45) is 34.5 Å². The maximum absolute atomic E-state index is 14.0. The van der Waals surface area contributed by atoms with E-state index in [-0.39, 0.29) is 24.0 Å². The maximum Gasteiger partial charge on any atom is 0.184 e. The zero-order valence-corrected chi connectivity index (χ0v) is 19.9. The summed E-state index contributed by atoms with van der Waals surface area (Å²) in [5, 5.41) is 21.6. The second-order valence-electron chi connectivity index (χ2n) is 12.2. The first-order valence-electron chi connectivity index (χ1n) is 13.0. The van der Waals surface area contributed by atoms with Crippen molar-refractivity contribution in [1.29, 1.82) is 0 Å². The Morgan fingerprint density at radius 3 is 2.58 bits per heavy atom. The summed E-state index contributed by atoms with van der Waals surface area (Å²) in [6.07, 6.45) is 5.55. The number of fused-ring (bicyclic) bond motifs is 6. The molecule has 5 fully saturated rings. The molecule has 33 heavy (non-hydrogen) atoms. The van der Waals surface area contributed by atoms with Crippen molar-refractivity contribution in [2.75, 3.05) is 6.61 Å². The molecule has 0 bridgehead atoms. The van der Waals surface area contributed by atoms with Gasteiger partial charge in [-0.25, -0.2) is 0 Å². The van der Waals surface area contributed by atoms with Crippen LogP contribution in [0, 0.1) is 34.5 Å². The van der Waals surface area contributed by atoms with Gasteiger partial charge in [-0.1, -0.05) is 44.2 Å². The van der Waals surface area contributed by atoms with Crippen LogP contribution in [0.2, 0.25) is 0 Å². The molecule has 1 heterocycles. The summed E-state index contributed by atoms with van der Waals surface area (Å²) in [4.78, 5) is 14.0. The monoisotopic (exact) mass is 454 g/mol. The highest BCUT2D eigenvalue weighted by Crippen LogP contribution is 2.69. The Morgan fingerprint density at radius 1 is 1.00 bits per heavy atom. The Balaban J connectivity index is 1.34. The minimum absolute atomic E-state index is 0.00195. The van der Waals surface area contributed by atoms with Crippen molar-refractivity contribution in [1.82, 2.24) is 0 Å². The predicted octanol–water partition coefficient (Wildman–Crippen LogP) is 4.41. The lowest BCUT2D eigenvalue weighted by Crippen LogP contribution is -2.65. The number of ketones is 1. The van der Waals surface area contributed by atoms with Crippen LogP contribution in [0.4, 0.5) is 0 Å². The van der Waals surface area contributed by atoms with Gasteiger partial charge < -0.3 is 19.7 Å². The Bertz CT molecular complexity index is 918. The van der Waals surface area contributed by atoms with Crippen LogP contribution >= 0.6 is 0 Å². The van der Waals surface area contributed by atoms with Gasteiger partial charge in [0, 0.05) is 23.3 Å². The molecule has 5 heteroatoms. The van der Waals surface area contributed by atoms with E-state index in [0.29, 0.717) is 30.0 Å². The van der Waals surface area contributed by atoms with Crippen LogP contribution in [0.3, 0.4) is 0 Å². The van der Waals surface area contributed by atoms with Gasteiger partial charge in [0.05, 0.1) is 12.7 Å². The van der Waals surface area contributed by atoms with Gasteiger partial charge in [-0.2, -0.15) is 0 Å². The first-order chi connectivity index (χ1) is 15.8. The highest BCUT2D eigenvalue weighted by atomic mass is 16.7. The van der Waals surface area contributed by atoms with Crippen LogP contribution in [-0.2, 0) is 14.3 Å². The number of ether oxygens (including phenoxy) is 2. The maximum atomic E-state index is 14.0. The number of carbonyl (C=O) groups excluding carboxylic acids is 1. The summed E-state index contributed by atoms with van der Waals surface area (Å²) in [7, 11) is 0. The van der Waals surface area contributed by atoms with E-state index in [4.69, 9.17) is 9.47 Å². The van der Waals surface area contributed by atoms with Crippen LogP contribution in [0.15, 0.2) is 30.3 Å². The first-order valence-corrected chi connectivity index (χ1v) is 13.0. The fraction of sp³-hybridized carbons (Fsp3) is 0.750. The Morgan fingerprint density at radius 2 is 1.79 bits per heavy atom. The third kappa shape index (κ3) is 3.01. The molecule has 1 spiro atoms. The van der Waals surface area contributed by atoms with Gasteiger partial charge in [-0.05, 0) is 68.1 Å². The molecule has 1 aromatic carbocycles. The number of carbonyl (C=O) groups is 1. The summed E-state index contributed by atoms with van der Waals surface area (Å²) >= 11 is 0. The molecule has 5 aliphatic rings. The van der Waals surface area contributed by atoms with Gasteiger partial charge >= 0.3 is 0 Å². The minimum Gasteiger partial charge on any atom is -0.393 e. The van der Waals surface area contributed by atoms with E-state index in [1.165, 1.54) is 0 Å². The van der Waals surface area contributed by atoms with Crippen LogP contribution < -0.4 is 0 Å². The molecule has 1 aromatic rings. The summed E-state index contributed by atoms with van der Waals surface area (Å²) in [6.45, 7) is 4.78. The molecule has 1 saturated heterocycles. The average Bonchev–Trinajstić information content (AvgIpc) is 3.08. The first kappa shape index (κ1) is 22.2. The molecule has 10 atom stereocenters. The number of Topliss-reactive ketones (excluding diaryl/α,β-unsaturated/α-hetero) is 1. The van der Waals surface area contributed by atoms with Crippen molar-refractivity contribution in [3.63, 3.8) is 0 Å². The second-order valence-corrected chi connectivity index (χ2v) is 12.2. The van der Waals surface area contributed by atoms with E-state index < -0.39 is 23.4 Å². The average molecular weight is 455 g/mol. The highest BCUT2D eigenvalue weighted by Gasteiger charge is 2.70. The fourth-order valence-corrected chi connectivity index (χ4v) is 9.20. The van der Waals surface area contributed by atoms with Crippen LogP contribution in [-0.4, -0.2) is 40.4 Å². The van der Waals surface area contributed by atoms with E-state index >= 15 is 0 Å². The smallest absolute Gasteiger partial charge is 0.184 e. The predicted molar refractivity (Wildman–Crippen MR) is 123 cm³/mol. The fourth-order valence-electron chi connectivity index (χ4n) is 9.20. The van der Waals surface area contributed by atoms with E-state index in [1.807, 2.05) is 30.3 Å². The highest BCUT2D eigenvalue weighted by molar-refractivity contribution is 5.84. The molecule has 0 aromatic heterocycles. The van der Waals surface area contributed by atoms with Gasteiger partial charge in [0.15, 0.2) is 6.29 Å². The molecule has 4 aliphatic carbocycles. The van der Waals surface area contributed by atoms with Crippen LogP contribution in [0.5, 0.6) is 0 Å². The number of aliphatic hydroxyl groups is 2. The number of rotatable bonds is 1. The summed E-state index contributed by atoms with van der Waals surface area (Å²) in [5.74, 6) is 1.61. The largest absolute Gasteiger partial charge is 0.393 e. The van der Waals surface area contributed by atoms with Crippen LogP contribution in [0.25, 0.3) is 0 Å². The van der Waals surface area contributed by atoms with Gasteiger partial charge in [0.1, 0.15) is 17.5 Å². The number of benzene rings is 1.